The van der Waals surface area contributed by atoms with Gasteiger partial charge in [-0.3, -0.25) is 0 Å². The largest absolute Gasteiger partial charge is 0.455 e. The van der Waals surface area contributed by atoms with Crippen molar-refractivity contribution in [1.82, 2.24) is 58.6 Å². The second-order valence-corrected chi connectivity index (χ2v) is 38.3. The highest BCUT2D eigenvalue weighted by Gasteiger charge is 2.27. The molecule has 0 radical (unpaired) electrons. The van der Waals surface area contributed by atoms with Crippen LogP contribution in [0.25, 0.3) is 282 Å². The van der Waals surface area contributed by atoms with Crippen LogP contribution in [0.5, 0.6) is 0 Å². The molecule has 30 rings (SSSR count). The van der Waals surface area contributed by atoms with E-state index in [9.17, 15) is 0 Å². The quantitative estimate of drug-likeness (QED) is 0.0962. The van der Waals surface area contributed by atoms with Gasteiger partial charge in [0.05, 0.1) is 44.2 Å². The normalized spacial score (nSPS) is 11.6. The van der Waals surface area contributed by atoms with E-state index in [2.05, 4.69) is 329 Å². The monoisotopic (exact) mass is 1940 g/mol. The van der Waals surface area contributed by atoms with Crippen LogP contribution in [0, 0.1) is 0 Å². The minimum atomic E-state index is 0.567. The Hall–Kier alpha value is -20.1. The molecule has 0 atom stereocenters. The summed E-state index contributed by atoms with van der Waals surface area (Å²) in [5.74, 6) is 5.60. The van der Waals surface area contributed by atoms with E-state index >= 15 is 0 Å². The predicted octanol–water partition coefficient (Wildman–Crippen LogP) is 35.1. The molecule has 21 aromatic carbocycles. The zero-order valence-corrected chi connectivity index (χ0v) is 81.4. The van der Waals surface area contributed by atoms with Gasteiger partial charge in [-0.2, -0.15) is 0 Å². The van der Waals surface area contributed by atoms with Gasteiger partial charge in [0.25, 0.3) is 0 Å². The third kappa shape index (κ3) is 15.5. The molecule has 0 aliphatic rings. The van der Waals surface area contributed by atoms with Crippen LogP contribution in [0.2, 0.25) is 0 Å². The number of thiophene rings is 1. The Morgan fingerprint density at radius 2 is 0.360 bits per heavy atom. The topological polar surface area (TPSA) is 157 Å². The van der Waals surface area contributed by atoms with Crippen molar-refractivity contribution in [2.45, 2.75) is 0 Å². The maximum atomic E-state index is 6.88. The summed E-state index contributed by atoms with van der Waals surface area (Å²) in [6.07, 6.45) is 0. The van der Waals surface area contributed by atoms with Crippen LogP contribution >= 0.6 is 11.3 Å². The Morgan fingerprint density at radius 3 is 0.713 bits per heavy atom. The van der Waals surface area contributed by atoms with Crippen molar-refractivity contribution in [3.63, 3.8) is 0 Å². The molecule has 150 heavy (non-hydrogen) atoms. The molecule has 702 valence electrons. The average Bonchev–Trinajstić information content (AvgIpc) is 1.56. The summed E-state index contributed by atoms with van der Waals surface area (Å²) < 4.78 is 23.2. The molecule has 0 bridgehead atoms. The van der Waals surface area contributed by atoms with E-state index in [-0.39, 0.29) is 0 Å². The molecule has 0 saturated carbocycles. The van der Waals surface area contributed by atoms with Crippen molar-refractivity contribution in [2.75, 3.05) is 0 Å². The van der Waals surface area contributed by atoms with Gasteiger partial charge in [-0.1, -0.05) is 406 Å². The molecule has 14 nitrogen and oxygen atoms in total. The summed E-state index contributed by atoms with van der Waals surface area (Å²) in [6.45, 7) is 0. The number of benzene rings is 21. The summed E-state index contributed by atoms with van der Waals surface area (Å²) >= 11 is 1.81. The van der Waals surface area contributed by atoms with E-state index in [1.54, 1.807) is 0 Å². The average molecular weight is 1940 g/mol. The van der Waals surface area contributed by atoms with Gasteiger partial charge in [0.2, 0.25) is 0 Å². The number of nitrogens with zero attached hydrogens (tertiary/aromatic N) is 12. The van der Waals surface area contributed by atoms with Crippen LogP contribution in [-0.2, 0) is 0 Å². The van der Waals surface area contributed by atoms with Gasteiger partial charge in [0, 0.05) is 141 Å². The summed E-state index contributed by atoms with van der Waals surface area (Å²) in [7, 11) is 0. The lowest BCUT2D eigenvalue weighted by Crippen LogP contribution is -2.00. The standard InChI is InChI=1S/2C45H28N4O.C45H28N4S/c1-4-14-29(15-5-1)43-46-44(30-16-6-2-7-17-30)48-45(47-43)37-24-13-23-36-35-22-12-21-33(41(35)50-42(36)37)31-26-27-40-38(28-31)34-20-10-11-25-39(34)49(40)32-18-8-3-9-19-32;1-3-14-29(15-4-1)43-46-44(30-16-5-2-6-17-30)48-45(47-43)38-25-13-24-37-36-23-12-22-33(41(36)50-42(37)38)31-18-11-19-32(28-31)49-39-26-9-7-20-34(39)35-21-8-10-27-40(35)49;1-4-14-29(15-5-1)43-46-44(30-16-6-2-7-17-30)48-45(47-43)37-24-13-23-36-35-22-12-21-33(41(35)50-42(36)37)31-26-27-40-38(28-31)34-20-10-11-25-39(34)49(40)32-18-8-3-9-19-32/h3*1-28H. The van der Waals surface area contributed by atoms with Crippen LogP contribution in [0.15, 0.2) is 518 Å². The second kappa shape index (κ2) is 37.2. The number of fused-ring (bicyclic) bond motifs is 18. The van der Waals surface area contributed by atoms with Crippen LogP contribution in [0.4, 0.5) is 0 Å². The first-order valence-electron chi connectivity index (χ1n) is 50.1. The van der Waals surface area contributed by atoms with Crippen molar-refractivity contribution >= 4 is 141 Å². The smallest absolute Gasteiger partial charge is 0.167 e. The number of furan rings is 2. The minimum absolute atomic E-state index is 0.567. The van der Waals surface area contributed by atoms with Crippen molar-refractivity contribution in [3.8, 4) is 153 Å². The highest BCUT2D eigenvalue weighted by molar-refractivity contribution is 7.26. The molecule has 0 aliphatic heterocycles. The summed E-state index contributed by atoms with van der Waals surface area (Å²) in [6, 6.07) is 177. The zero-order chi connectivity index (χ0) is 99.1. The number of aromatic nitrogens is 12. The van der Waals surface area contributed by atoms with Crippen LogP contribution in [0.3, 0.4) is 0 Å². The molecular weight excluding hydrogens is 1850 g/mol. The van der Waals surface area contributed by atoms with E-state index in [0.717, 1.165) is 133 Å². The van der Waals surface area contributed by atoms with E-state index in [1.165, 1.54) is 96.7 Å². The SMILES string of the molecule is c1ccc(-c2nc(-c3ccccc3)nc(-c3cccc4c3oc3c(-c5ccc6c(c5)c5ccccc5n6-c5ccccc5)cccc34)n2)cc1.c1ccc(-c2nc(-c3ccccc3)nc(-c3cccc4c3oc3c(-c5cccc(-n6c7ccccc7c7ccccc76)c5)cccc34)n2)cc1.c1ccc(-c2nc(-c3ccccc3)nc(-c3cccc4c3sc3c(-c5ccc6c(c5)c5ccccc5n6-c5ccccc5)cccc34)n2)cc1. The molecule has 9 heterocycles. The number of para-hydroxylation sites is 10. The maximum Gasteiger partial charge on any atom is 0.167 e. The van der Waals surface area contributed by atoms with Crippen LogP contribution in [0.1, 0.15) is 0 Å². The lowest BCUT2D eigenvalue weighted by Gasteiger charge is -2.10. The zero-order valence-electron chi connectivity index (χ0n) is 80.6. The lowest BCUT2D eigenvalue weighted by atomic mass is 10.00. The molecular formula is C135H84N12O2S. The Bertz CT molecular complexity index is 9850. The van der Waals surface area contributed by atoms with Gasteiger partial charge in [-0.25, -0.2) is 44.9 Å². The Morgan fingerprint density at radius 1 is 0.140 bits per heavy atom. The summed E-state index contributed by atoms with van der Waals surface area (Å²) in [5, 5.41) is 13.9. The number of hydrogen-bond acceptors (Lipinski definition) is 12. The van der Waals surface area contributed by atoms with Crippen LogP contribution in [-0.4, -0.2) is 58.6 Å². The van der Waals surface area contributed by atoms with E-state index in [1.807, 2.05) is 205 Å². The van der Waals surface area contributed by atoms with Crippen LogP contribution < -0.4 is 0 Å². The van der Waals surface area contributed by atoms with E-state index in [0.29, 0.717) is 52.4 Å². The Balaban J connectivity index is 0.000000108. The van der Waals surface area contributed by atoms with Gasteiger partial charge in [-0.15, -0.1) is 11.3 Å². The third-order valence-corrected chi connectivity index (χ3v) is 29.7. The molecule has 15 heteroatoms. The first-order valence-corrected chi connectivity index (χ1v) is 50.9. The van der Waals surface area contributed by atoms with Crippen molar-refractivity contribution in [1.29, 1.82) is 0 Å². The maximum absolute atomic E-state index is 6.88. The molecule has 0 spiro atoms. The van der Waals surface area contributed by atoms with Crippen molar-refractivity contribution in [3.05, 3.63) is 510 Å². The molecule has 0 fully saturated rings. The molecule has 0 unspecified atom stereocenters. The summed E-state index contributed by atoms with van der Waals surface area (Å²) in [4.78, 5) is 44.9. The number of rotatable bonds is 15. The molecule has 9 aromatic heterocycles. The van der Waals surface area contributed by atoms with Crippen molar-refractivity contribution in [2.24, 2.45) is 0 Å². The number of hydrogen-bond donors (Lipinski definition) is 0. The minimum Gasteiger partial charge on any atom is -0.455 e. The fraction of sp³-hybridized carbons (Fsp3) is 0. The van der Waals surface area contributed by atoms with Gasteiger partial charge < -0.3 is 22.5 Å². The molecule has 30 aromatic rings. The highest BCUT2D eigenvalue weighted by Crippen LogP contribution is 2.49. The van der Waals surface area contributed by atoms with Gasteiger partial charge >= 0.3 is 0 Å². The Labute approximate surface area is 864 Å². The lowest BCUT2D eigenvalue weighted by molar-refractivity contribution is 0.670. The summed E-state index contributed by atoms with van der Waals surface area (Å²) in [5.41, 5.74) is 28.6. The van der Waals surface area contributed by atoms with Gasteiger partial charge in [-0.05, 0) is 125 Å². The molecule has 0 aliphatic carbocycles. The van der Waals surface area contributed by atoms with Gasteiger partial charge in [0.15, 0.2) is 52.4 Å². The highest BCUT2D eigenvalue weighted by atomic mass is 32.1. The molecule has 0 N–H and O–H groups in total. The van der Waals surface area contributed by atoms with Crippen molar-refractivity contribution < 1.29 is 8.83 Å². The Kier molecular flexibility index (Phi) is 21.8. The first-order chi connectivity index (χ1) is 74.4. The predicted molar refractivity (Wildman–Crippen MR) is 615 cm³/mol. The van der Waals surface area contributed by atoms with E-state index in [4.69, 9.17) is 53.7 Å². The molecule has 0 saturated heterocycles. The van der Waals surface area contributed by atoms with Gasteiger partial charge in [0.1, 0.15) is 22.3 Å². The third-order valence-electron chi connectivity index (χ3n) is 28.4. The fourth-order valence-corrected chi connectivity index (χ4v) is 22.8. The first kappa shape index (κ1) is 87.6. The molecule has 0 amide bonds. The van der Waals surface area contributed by atoms with E-state index < -0.39 is 0 Å². The second-order valence-electron chi connectivity index (χ2n) is 37.3. The fourth-order valence-electron chi connectivity index (χ4n) is 21.5.